The largest absolute Gasteiger partial charge is 0.352 e. The van der Waals surface area contributed by atoms with Crippen LogP contribution in [0, 0.1) is 5.41 Å². The second kappa shape index (κ2) is 6.02. The number of amides is 1. The van der Waals surface area contributed by atoms with Crippen LogP contribution in [0.4, 0.5) is 0 Å². The second-order valence-corrected chi connectivity index (χ2v) is 6.55. The molecule has 1 saturated carbocycles. The van der Waals surface area contributed by atoms with Gasteiger partial charge in [0.15, 0.2) is 0 Å². The van der Waals surface area contributed by atoms with Gasteiger partial charge in [-0.2, -0.15) is 0 Å². The summed E-state index contributed by atoms with van der Waals surface area (Å²) in [7, 11) is 0. The number of hydrogen-bond acceptors (Lipinski definition) is 3. The van der Waals surface area contributed by atoms with Crippen molar-refractivity contribution in [3.8, 4) is 0 Å². The normalized spacial score (nSPS) is 28.9. The lowest BCUT2D eigenvalue weighted by Crippen LogP contribution is -2.42. The highest BCUT2D eigenvalue weighted by Gasteiger charge is 2.31. The van der Waals surface area contributed by atoms with Crippen LogP contribution in [0.1, 0.15) is 39.5 Å². The van der Waals surface area contributed by atoms with Crippen molar-refractivity contribution in [3.63, 3.8) is 0 Å². The van der Waals surface area contributed by atoms with Gasteiger partial charge in [0.05, 0.1) is 6.54 Å². The highest BCUT2D eigenvalue weighted by atomic mass is 16.2. The summed E-state index contributed by atoms with van der Waals surface area (Å²) in [6.07, 6.45) is 4.63. The Balaban J connectivity index is 1.71. The number of nitrogens with one attached hydrogen (secondary N) is 2. The minimum absolute atomic E-state index is 0.208. The van der Waals surface area contributed by atoms with Crippen LogP contribution >= 0.6 is 0 Å². The lowest BCUT2D eigenvalue weighted by atomic mass is 9.92. The molecule has 18 heavy (non-hydrogen) atoms. The van der Waals surface area contributed by atoms with E-state index < -0.39 is 0 Å². The van der Waals surface area contributed by atoms with Gasteiger partial charge in [-0.1, -0.05) is 13.8 Å². The smallest absolute Gasteiger partial charge is 0.234 e. The summed E-state index contributed by atoms with van der Waals surface area (Å²) in [5.41, 5.74) is 0.407. The zero-order valence-electron chi connectivity index (χ0n) is 11.8. The molecule has 1 amide bonds. The van der Waals surface area contributed by atoms with Crippen LogP contribution in [-0.4, -0.2) is 49.6 Å². The Bertz CT molecular complexity index is 274. The molecule has 1 saturated heterocycles. The van der Waals surface area contributed by atoms with Crippen LogP contribution in [0.3, 0.4) is 0 Å². The fraction of sp³-hybridized carbons (Fsp3) is 0.929. The topological polar surface area (TPSA) is 44.4 Å². The summed E-state index contributed by atoms with van der Waals surface area (Å²) in [6.45, 7) is 9.26. The van der Waals surface area contributed by atoms with Crippen molar-refractivity contribution in [2.45, 2.75) is 45.6 Å². The third-order valence-corrected chi connectivity index (χ3v) is 4.13. The van der Waals surface area contributed by atoms with E-state index in [-0.39, 0.29) is 5.91 Å². The molecule has 2 rings (SSSR count). The quantitative estimate of drug-likeness (QED) is 0.788. The van der Waals surface area contributed by atoms with Crippen LogP contribution in [0.15, 0.2) is 0 Å². The Morgan fingerprint density at radius 3 is 2.94 bits per heavy atom. The number of nitrogens with zero attached hydrogens (tertiary/aromatic N) is 1. The number of carbonyl (C=O) groups is 1. The van der Waals surface area contributed by atoms with E-state index in [1.54, 1.807) is 0 Å². The molecule has 0 radical (unpaired) electrons. The Labute approximate surface area is 110 Å². The molecule has 0 bridgehead atoms. The van der Waals surface area contributed by atoms with Gasteiger partial charge in [0.1, 0.15) is 0 Å². The van der Waals surface area contributed by atoms with Crippen LogP contribution in [0.5, 0.6) is 0 Å². The summed E-state index contributed by atoms with van der Waals surface area (Å²) in [5, 5.41) is 6.56. The Kier molecular flexibility index (Phi) is 4.62. The maximum Gasteiger partial charge on any atom is 0.234 e. The average Bonchev–Trinajstić information content (AvgIpc) is 2.52. The molecule has 2 aliphatic rings. The van der Waals surface area contributed by atoms with Crippen molar-refractivity contribution >= 4 is 5.91 Å². The molecule has 2 N–H and O–H groups in total. The van der Waals surface area contributed by atoms with Crippen molar-refractivity contribution in [1.82, 2.24) is 15.5 Å². The lowest BCUT2D eigenvalue weighted by Gasteiger charge is -2.21. The van der Waals surface area contributed by atoms with Gasteiger partial charge in [-0.05, 0) is 44.2 Å². The highest BCUT2D eigenvalue weighted by molar-refractivity contribution is 5.78. The summed E-state index contributed by atoms with van der Waals surface area (Å²) >= 11 is 0. The molecule has 1 heterocycles. The van der Waals surface area contributed by atoms with E-state index in [0.29, 0.717) is 18.0 Å². The molecule has 4 heteroatoms. The first-order chi connectivity index (χ1) is 8.55. The number of rotatable bonds is 3. The Morgan fingerprint density at radius 1 is 1.39 bits per heavy atom. The molecule has 1 aliphatic carbocycles. The summed E-state index contributed by atoms with van der Waals surface area (Å²) in [4.78, 5) is 14.3. The van der Waals surface area contributed by atoms with Gasteiger partial charge >= 0.3 is 0 Å². The first-order valence-electron chi connectivity index (χ1n) is 7.28. The third-order valence-electron chi connectivity index (χ3n) is 4.13. The first-order valence-corrected chi connectivity index (χ1v) is 7.28. The van der Waals surface area contributed by atoms with Gasteiger partial charge in [-0.3, -0.25) is 9.69 Å². The SMILES string of the molecule is CC1(C)CCC(NC(=O)CN2CCCNCC2)C1. The molecule has 0 aromatic heterocycles. The van der Waals surface area contributed by atoms with E-state index in [9.17, 15) is 4.79 Å². The van der Waals surface area contributed by atoms with Gasteiger partial charge < -0.3 is 10.6 Å². The fourth-order valence-electron chi connectivity index (χ4n) is 3.10. The molecule has 0 aromatic rings. The van der Waals surface area contributed by atoms with Crippen molar-refractivity contribution < 1.29 is 4.79 Å². The van der Waals surface area contributed by atoms with E-state index in [1.165, 1.54) is 6.42 Å². The second-order valence-electron chi connectivity index (χ2n) is 6.55. The van der Waals surface area contributed by atoms with E-state index in [1.807, 2.05) is 0 Å². The first kappa shape index (κ1) is 13.8. The Morgan fingerprint density at radius 2 is 2.22 bits per heavy atom. The maximum atomic E-state index is 12.0. The van der Waals surface area contributed by atoms with Crippen LogP contribution in [-0.2, 0) is 4.79 Å². The van der Waals surface area contributed by atoms with Gasteiger partial charge in [-0.15, -0.1) is 0 Å². The van der Waals surface area contributed by atoms with Crippen LogP contribution < -0.4 is 10.6 Å². The van der Waals surface area contributed by atoms with Gasteiger partial charge in [-0.25, -0.2) is 0 Å². The molecular formula is C14H27N3O. The van der Waals surface area contributed by atoms with Gasteiger partial charge in [0.25, 0.3) is 0 Å². The summed E-state index contributed by atoms with van der Waals surface area (Å²) in [5.74, 6) is 0.208. The molecule has 104 valence electrons. The predicted octanol–water partition coefficient (Wildman–Crippen LogP) is 0.977. The molecule has 0 aromatic carbocycles. The monoisotopic (exact) mass is 253 g/mol. The standard InChI is InChI=1S/C14H27N3O/c1-14(2)5-4-12(10-14)16-13(18)11-17-8-3-6-15-7-9-17/h12,15H,3-11H2,1-2H3,(H,16,18). The Hall–Kier alpha value is -0.610. The molecule has 1 unspecified atom stereocenters. The van der Waals surface area contributed by atoms with E-state index in [2.05, 4.69) is 29.4 Å². The zero-order chi connectivity index (χ0) is 13.0. The third kappa shape index (κ3) is 4.25. The van der Waals surface area contributed by atoms with E-state index in [4.69, 9.17) is 0 Å². The minimum atomic E-state index is 0.208. The van der Waals surface area contributed by atoms with Crippen molar-refractivity contribution in [2.75, 3.05) is 32.7 Å². The van der Waals surface area contributed by atoms with Crippen molar-refractivity contribution in [3.05, 3.63) is 0 Å². The predicted molar refractivity (Wildman–Crippen MR) is 73.5 cm³/mol. The van der Waals surface area contributed by atoms with Gasteiger partial charge in [0.2, 0.25) is 5.91 Å². The number of carbonyl (C=O) groups excluding carboxylic acids is 1. The maximum absolute atomic E-state index is 12.0. The fourth-order valence-corrected chi connectivity index (χ4v) is 3.10. The number of hydrogen-bond donors (Lipinski definition) is 2. The van der Waals surface area contributed by atoms with Crippen LogP contribution in [0.25, 0.3) is 0 Å². The van der Waals surface area contributed by atoms with Gasteiger partial charge in [0, 0.05) is 19.1 Å². The summed E-state index contributed by atoms with van der Waals surface area (Å²) < 4.78 is 0. The molecular weight excluding hydrogens is 226 g/mol. The lowest BCUT2D eigenvalue weighted by molar-refractivity contribution is -0.122. The molecule has 1 aliphatic heterocycles. The van der Waals surface area contributed by atoms with Crippen LogP contribution in [0.2, 0.25) is 0 Å². The molecule has 1 atom stereocenters. The van der Waals surface area contributed by atoms with E-state index >= 15 is 0 Å². The zero-order valence-corrected chi connectivity index (χ0v) is 11.8. The summed E-state index contributed by atoms with van der Waals surface area (Å²) in [6, 6.07) is 0.401. The average molecular weight is 253 g/mol. The molecule has 0 spiro atoms. The minimum Gasteiger partial charge on any atom is -0.352 e. The highest BCUT2D eigenvalue weighted by Crippen LogP contribution is 2.36. The molecule has 2 fully saturated rings. The van der Waals surface area contributed by atoms with Crippen molar-refractivity contribution in [2.24, 2.45) is 5.41 Å². The van der Waals surface area contributed by atoms with E-state index in [0.717, 1.165) is 45.4 Å². The molecule has 4 nitrogen and oxygen atoms in total. The van der Waals surface area contributed by atoms with Crippen molar-refractivity contribution in [1.29, 1.82) is 0 Å².